The average molecular weight is 343 g/mol. The van der Waals surface area contributed by atoms with Gasteiger partial charge in [-0.05, 0) is 34.0 Å². The lowest BCUT2D eigenvalue weighted by Gasteiger charge is -2.07. The van der Waals surface area contributed by atoms with Gasteiger partial charge in [-0.2, -0.15) is 0 Å². The van der Waals surface area contributed by atoms with Crippen molar-refractivity contribution >= 4 is 33.4 Å². The summed E-state index contributed by atoms with van der Waals surface area (Å²) in [5, 5.41) is 7.24. The van der Waals surface area contributed by atoms with Gasteiger partial charge >= 0.3 is 5.69 Å². The van der Waals surface area contributed by atoms with E-state index in [-0.39, 0.29) is 5.69 Å². The lowest BCUT2D eigenvalue weighted by atomic mass is 10.2. The Morgan fingerprint density at radius 1 is 1.53 bits per heavy atom. The van der Waals surface area contributed by atoms with Gasteiger partial charge in [0.25, 0.3) is 0 Å². The molecular weight excluding hydrogens is 328 g/mol. The third-order valence-electron chi connectivity index (χ3n) is 2.64. The topological polar surface area (TPSA) is 76.7 Å². The second kappa shape index (κ2) is 6.29. The molecule has 2 aromatic rings. The van der Waals surface area contributed by atoms with Gasteiger partial charge in [-0.15, -0.1) is 5.10 Å². The molecule has 0 aliphatic rings. The molecular formula is C12H15BrN4OS. The van der Waals surface area contributed by atoms with Gasteiger partial charge in [0.1, 0.15) is 0 Å². The average Bonchev–Trinajstić information content (AvgIpc) is 2.74. The Bertz CT molecular complexity index is 622. The van der Waals surface area contributed by atoms with Crippen molar-refractivity contribution in [3.05, 3.63) is 38.7 Å². The number of hydrogen-bond donors (Lipinski definition) is 2. The minimum atomic E-state index is -0.156. The van der Waals surface area contributed by atoms with Crippen LogP contribution in [0.2, 0.25) is 0 Å². The van der Waals surface area contributed by atoms with Crippen LogP contribution in [0, 0.1) is 0 Å². The molecule has 0 aliphatic carbocycles. The van der Waals surface area contributed by atoms with Crippen molar-refractivity contribution in [2.45, 2.75) is 30.8 Å². The molecule has 1 heterocycles. The lowest BCUT2D eigenvalue weighted by Crippen LogP contribution is -2.17. The van der Waals surface area contributed by atoms with Crippen LogP contribution in [-0.4, -0.2) is 14.8 Å². The lowest BCUT2D eigenvalue weighted by molar-refractivity contribution is 0.604. The van der Waals surface area contributed by atoms with Gasteiger partial charge in [-0.25, -0.2) is 9.89 Å². The number of H-pyrrole nitrogens is 1. The summed E-state index contributed by atoms with van der Waals surface area (Å²) in [6.45, 7) is 2.71. The van der Waals surface area contributed by atoms with Crippen molar-refractivity contribution in [1.29, 1.82) is 0 Å². The zero-order valence-corrected chi connectivity index (χ0v) is 12.9. The van der Waals surface area contributed by atoms with Gasteiger partial charge in [-0.3, -0.25) is 4.57 Å². The van der Waals surface area contributed by atoms with E-state index in [0.717, 1.165) is 16.5 Å². The van der Waals surface area contributed by atoms with E-state index in [0.29, 0.717) is 23.1 Å². The van der Waals surface area contributed by atoms with Gasteiger partial charge in [0, 0.05) is 22.5 Å². The van der Waals surface area contributed by atoms with Crippen molar-refractivity contribution in [2.24, 2.45) is 0 Å². The molecule has 0 aliphatic heterocycles. The Morgan fingerprint density at radius 2 is 2.32 bits per heavy atom. The molecule has 0 fully saturated rings. The smallest absolute Gasteiger partial charge is 0.343 e. The predicted molar refractivity (Wildman–Crippen MR) is 81.3 cm³/mol. The van der Waals surface area contributed by atoms with Crippen LogP contribution in [-0.2, 0) is 12.3 Å². The molecule has 2 rings (SSSR count). The molecule has 19 heavy (non-hydrogen) atoms. The number of nitrogens with two attached hydrogens (primary N) is 1. The standard InChI is InChI=1S/C12H15BrN4OS/c1-2-6-17-11(18)15-16-12(17)19-7-8-4-3-5-9(14)10(8)13/h3-5H,2,6-7,14H2,1H3,(H,15,18). The zero-order valence-electron chi connectivity index (χ0n) is 10.5. The van der Waals surface area contributed by atoms with E-state index in [2.05, 4.69) is 26.1 Å². The molecule has 0 saturated heterocycles. The molecule has 0 amide bonds. The fraction of sp³-hybridized carbons (Fsp3) is 0.333. The highest BCUT2D eigenvalue weighted by atomic mass is 79.9. The number of aromatic amines is 1. The van der Waals surface area contributed by atoms with Crippen LogP contribution >= 0.6 is 27.7 Å². The number of nitrogen functional groups attached to an aromatic ring is 1. The molecule has 0 atom stereocenters. The van der Waals surface area contributed by atoms with Crippen molar-refractivity contribution in [2.75, 3.05) is 5.73 Å². The normalized spacial score (nSPS) is 10.8. The second-order valence-corrected chi connectivity index (χ2v) is 5.81. The number of nitrogens with zero attached hydrogens (tertiary/aromatic N) is 2. The first-order valence-electron chi connectivity index (χ1n) is 5.94. The van der Waals surface area contributed by atoms with Gasteiger partial charge in [0.2, 0.25) is 0 Å². The first-order valence-corrected chi connectivity index (χ1v) is 7.72. The number of anilines is 1. The summed E-state index contributed by atoms with van der Waals surface area (Å²) in [6, 6.07) is 5.77. The summed E-state index contributed by atoms with van der Waals surface area (Å²) < 4.78 is 2.56. The van der Waals surface area contributed by atoms with E-state index in [1.54, 1.807) is 4.57 Å². The maximum atomic E-state index is 11.6. The van der Waals surface area contributed by atoms with Gasteiger partial charge in [0.15, 0.2) is 5.16 Å². The first-order chi connectivity index (χ1) is 9.13. The number of halogens is 1. The van der Waals surface area contributed by atoms with Crippen molar-refractivity contribution in [3.63, 3.8) is 0 Å². The number of aromatic nitrogens is 3. The Labute approximate surface area is 123 Å². The van der Waals surface area contributed by atoms with Crippen LogP contribution in [0.15, 0.2) is 32.6 Å². The van der Waals surface area contributed by atoms with Crippen LogP contribution in [0.5, 0.6) is 0 Å². The van der Waals surface area contributed by atoms with Crippen molar-refractivity contribution in [1.82, 2.24) is 14.8 Å². The third-order valence-corrected chi connectivity index (χ3v) is 4.63. The maximum absolute atomic E-state index is 11.6. The summed E-state index contributed by atoms with van der Waals surface area (Å²) in [5.41, 5.74) is 7.48. The maximum Gasteiger partial charge on any atom is 0.343 e. The predicted octanol–water partition coefficient (Wildman–Crippen LogP) is 2.62. The molecule has 0 unspecified atom stereocenters. The van der Waals surface area contributed by atoms with Crippen LogP contribution in [0.1, 0.15) is 18.9 Å². The highest BCUT2D eigenvalue weighted by Crippen LogP contribution is 2.29. The summed E-state index contributed by atoms with van der Waals surface area (Å²) in [6.07, 6.45) is 0.898. The second-order valence-electron chi connectivity index (χ2n) is 4.07. The van der Waals surface area contributed by atoms with Gasteiger partial charge in [0.05, 0.1) is 0 Å². The molecule has 0 spiro atoms. The molecule has 3 N–H and O–H groups in total. The highest BCUT2D eigenvalue weighted by Gasteiger charge is 2.10. The van der Waals surface area contributed by atoms with Crippen molar-refractivity contribution in [3.8, 4) is 0 Å². The van der Waals surface area contributed by atoms with E-state index in [1.165, 1.54) is 11.8 Å². The molecule has 1 aromatic carbocycles. The fourth-order valence-corrected chi connectivity index (χ4v) is 3.24. The van der Waals surface area contributed by atoms with E-state index in [9.17, 15) is 4.79 Å². The Balaban J connectivity index is 2.15. The Hall–Kier alpha value is -1.21. The summed E-state index contributed by atoms with van der Waals surface area (Å²) in [5.74, 6) is 0.708. The monoisotopic (exact) mass is 342 g/mol. The number of benzene rings is 1. The minimum absolute atomic E-state index is 0.156. The number of nitrogens with one attached hydrogen (secondary N) is 1. The molecule has 0 bridgehead atoms. The van der Waals surface area contributed by atoms with E-state index in [4.69, 9.17) is 5.73 Å². The zero-order chi connectivity index (χ0) is 13.8. The largest absolute Gasteiger partial charge is 0.398 e. The van der Waals surface area contributed by atoms with Crippen molar-refractivity contribution < 1.29 is 0 Å². The highest BCUT2D eigenvalue weighted by molar-refractivity contribution is 9.10. The van der Waals surface area contributed by atoms with Crippen LogP contribution in [0.4, 0.5) is 5.69 Å². The Morgan fingerprint density at radius 3 is 3.05 bits per heavy atom. The Kier molecular flexibility index (Phi) is 4.71. The molecule has 0 saturated carbocycles. The molecule has 5 nitrogen and oxygen atoms in total. The molecule has 7 heteroatoms. The van der Waals surface area contributed by atoms with Gasteiger partial charge < -0.3 is 5.73 Å². The quantitative estimate of drug-likeness (QED) is 0.646. The third kappa shape index (κ3) is 3.22. The molecule has 0 radical (unpaired) electrons. The molecule has 102 valence electrons. The number of hydrogen-bond acceptors (Lipinski definition) is 4. The summed E-state index contributed by atoms with van der Waals surface area (Å²) in [7, 11) is 0. The fourth-order valence-electron chi connectivity index (χ4n) is 1.69. The SMILES string of the molecule is CCCn1c(SCc2cccc(N)c2Br)n[nH]c1=O. The van der Waals surface area contributed by atoms with E-state index >= 15 is 0 Å². The number of thioether (sulfide) groups is 1. The van der Waals surface area contributed by atoms with Crippen LogP contribution in [0.3, 0.4) is 0 Å². The summed E-state index contributed by atoms with van der Waals surface area (Å²) >= 11 is 4.99. The first kappa shape index (κ1) is 14.2. The minimum Gasteiger partial charge on any atom is -0.398 e. The van der Waals surface area contributed by atoms with E-state index in [1.807, 2.05) is 25.1 Å². The van der Waals surface area contributed by atoms with Crippen LogP contribution < -0.4 is 11.4 Å². The molecule has 1 aromatic heterocycles. The number of rotatable bonds is 5. The van der Waals surface area contributed by atoms with E-state index < -0.39 is 0 Å². The summed E-state index contributed by atoms with van der Waals surface area (Å²) in [4.78, 5) is 11.6. The van der Waals surface area contributed by atoms with Gasteiger partial charge in [-0.1, -0.05) is 30.8 Å². The van der Waals surface area contributed by atoms with Crippen LogP contribution in [0.25, 0.3) is 0 Å².